The predicted molar refractivity (Wildman–Crippen MR) is 536 cm³/mol. The van der Waals surface area contributed by atoms with Crippen LogP contribution in [0.15, 0.2) is 364 Å². The van der Waals surface area contributed by atoms with Crippen molar-refractivity contribution in [2.75, 3.05) is 14.7 Å². The molecule has 21 aromatic rings. The van der Waals surface area contributed by atoms with E-state index in [1.54, 1.807) is 0 Å². The first kappa shape index (κ1) is 78.1. The maximum absolute atomic E-state index is 2.50. The summed E-state index contributed by atoms with van der Waals surface area (Å²) in [6.45, 7) is 34.4. The van der Waals surface area contributed by atoms with Crippen LogP contribution in [0, 0.1) is 0 Å². The van der Waals surface area contributed by atoms with Gasteiger partial charge in [-0.15, -0.1) is 0 Å². The lowest BCUT2D eigenvalue weighted by Crippen LogP contribution is -2.14. The zero-order valence-electron chi connectivity index (χ0n) is 74.3. The summed E-state index contributed by atoms with van der Waals surface area (Å²) < 4.78 is 9.96. The highest BCUT2D eigenvalue weighted by molar-refractivity contribution is 6.32. The van der Waals surface area contributed by atoms with Crippen LogP contribution in [0.5, 0.6) is 0 Å². The van der Waals surface area contributed by atoms with Crippen molar-refractivity contribution in [1.82, 2.24) is 18.3 Å². The van der Waals surface area contributed by atoms with E-state index >= 15 is 0 Å². The third-order valence-corrected chi connectivity index (χ3v) is 26.3. The van der Waals surface area contributed by atoms with Crippen molar-refractivity contribution in [1.29, 1.82) is 0 Å². The SMILES string of the molecule is CC(C)(C)c1ccc(N(c2ccc(C(C)(C)C)cc2)c2ccc3c4c5ccc6c(c5ccc4n(-c4ccccc4)c3c2)c2ccc(N(c3ccc(C(C)(C)C)cc3)c3ccc4c5c7ccc8c(c7ccc5n(-c5ccccc5)c4c3)c3ccc(N(c4ccc(C(C)(C)C)cc4)c4ccc(C(C)(C)C)cc4)cc3n8-c3ccccc3)cc2n6-c2ccccc2)cc1. The summed E-state index contributed by atoms with van der Waals surface area (Å²) in [5.41, 5.74) is 29.8. The summed E-state index contributed by atoms with van der Waals surface area (Å²) in [4.78, 5) is 7.34. The van der Waals surface area contributed by atoms with Crippen LogP contribution in [0.4, 0.5) is 51.2 Å². The molecule has 0 saturated heterocycles. The molecule has 7 heteroatoms. The van der Waals surface area contributed by atoms with E-state index in [1.165, 1.54) is 92.5 Å². The van der Waals surface area contributed by atoms with Gasteiger partial charge in [-0.3, -0.25) is 0 Å². The molecular formula is C118H105N7. The van der Waals surface area contributed by atoms with Gasteiger partial charge in [-0.05, 0) is 258 Å². The first-order valence-corrected chi connectivity index (χ1v) is 44.3. The van der Waals surface area contributed by atoms with Crippen LogP contribution in [-0.2, 0) is 27.1 Å². The molecule has 0 spiro atoms. The molecule has 7 nitrogen and oxygen atoms in total. The van der Waals surface area contributed by atoms with Crippen molar-refractivity contribution in [3.63, 3.8) is 0 Å². The van der Waals surface area contributed by atoms with Crippen LogP contribution < -0.4 is 14.7 Å². The number of aromatic nitrogens is 4. The predicted octanol–water partition coefficient (Wildman–Crippen LogP) is 33.3. The molecule has 0 aliphatic rings. The Balaban J connectivity index is 0.750. The van der Waals surface area contributed by atoms with Crippen LogP contribution in [0.1, 0.15) is 132 Å². The number of hydrogen-bond acceptors (Lipinski definition) is 3. The molecule has 612 valence electrons. The van der Waals surface area contributed by atoms with Gasteiger partial charge in [-0.25, -0.2) is 0 Å². The minimum atomic E-state index is -0.0597. The summed E-state index contributed by atoms with van der Waals surface area (Å²) in [7, 11) is 0. The average molecular weight is 1620 g/mol. The van der Waals surface area contributed by atoms with Gasteiger partial charge in [0.2, 0.25) is 0 Å². The third kappa shape index (κ3) is 13.3. The topological polar surface area (TPSA) is 29.4 Å². The van der Waals surface area contributed by atoms with Crippen molar-refractivity contribution in [3.8, 4) is 22.7 Å². The number of hydrogen-bond donors (Lipinski definition) is 0. The summed E-state index contributed by atoms with van der Waals surface area (Å²) in [6, 6.07) is 138. The summed E-state index contributed by atoms with van der Waals surface area (Å²) in [5, 5.41) is 14.4. The van der Waals surface area contributed by atoms with E-state index < -0.39 is 0 Å². The molecule has 4 aromatic heterocycles. The van der Waals surface area contributed by atoms with E-state index in [1.807, 2.05) is 0 Å². The lowest BCUT2D eigenvalue weighted by Gasteiger charge is -2.28. The standard InChI is InChI=1S/C118H105N7/c1-114(2,3)76-36-46-85(47-37-76)119(86-48-38-77(39-49-86)115(4,5)6)90-56-60-98-106(72-90)122(81-28-20-16-21-29-81)102-68-64-96-94(110(98)102)66-70-104-112(96)100-62-58-92(74-108(100)124(104)83-32-24-18-25-33-83)121(89-54-44-80(45-55-89)118(13,14)15)93-59-63-101-109(75-93)125(84-34-26-19-27-35-84)105-71-67-95-97(113(101)105)65-69-103-111(95)99-61-57-91(73-107(99)123(103)82-30-22-17-23-31-82)120(87-50-40-78(41-51-87)116(7,8)9)88-52-42-79(43-53-88)117(10,11)12/h16-75H,1-15H3. The lowest BCUT2D eigenvalue weighted by molar-refractivity contribution is 0.590. The highest BCUT2D eigenvalue weighted by Crippen LogP contribution is 2.51. The molecule has 0 radical (unpaired) electrons. The fraction of sp³-hybridized carbons (Fsp3) is 0.169. The van der Waals surface area contributed by atoms with Gasteiger partial charge >= 0.3 is 0 Å². The maximum Gasteiger partial charge on any atom is 0.0562 e. The number of benzene rings is 17. The Kier molecular flexibility index (Phi) is 18.3. The Morgan fingerprint density at radius 1 is 0.152 bits per heavy atom. The molecule has 0 unspecified atom stereocenters. The van der Waals surface area contributed by atoms with Crippen molar-refractivity contribution in [3.05, 3.63) is 392 Å². The summed E-state index contributed by atoms with van der Waals surface area (Å²) in [5.74, 6) is 0. The minimum absolute atomic E-state index is 0.0114. The van der Waals surface area contributed by atoms with E-state index in [0.29, 0.717) is 0 Å². The molecule has 0 amide bonds. The molecule has 21 rings (SSSR count). The zero-order chi connectivity index (χ0) is 85.9. The number of nitrogens with zero attached hydrogens (tertiary/aromatic N) is 7. The van der Waals surface area contributed by atoms with E-state index in [4.69, 9.17) is 0 Å². The van der Waals surface area contributed by atoms with Crippen molar-refractivity contribution < 1.29 is 0 Å². The average Bonchev–Trinajstić information content (AvgIpc) is 1.55. The van der Waals surface area contributed by atoms with E-state index in [-0.39, 0.29) is 27.1 Å². The highest BCUT2D eigenvalue weighted by Gasteiger charge is 2.30. The number of para-hydroxylation sites is 4. The molecule has 125 heavy (non-hydrogen) atoms. The van der Waals surface area contributed by atoms with E-state index in [0.717, 1.165) is 118 Å². The molecule has 0 bridgehead atoms. The number of rotatable bonds is 13. The fourth-order valence-corrected chi connectivity index (χ4v) is 19.7. The number of fused-ring (bicyclic) bond motifs is 18. The van der Waals surface area contributed by atoms with Crippen molar-refractivity contribution >= 4 is 160 Å². The van der Waals surface area contributed by atoms with Gasteiger partial charge in [0, 0.05) is 117 Å². The van der Waals surface area contributed by atoms with Crippen molar-refractivity contribution in [2.24, 2.45) is 0 Å². The Bertz CT molecular complexity index is 7210. The van der Waals surface area contributed by atoms with Gasteiger partial charge in [-0.2, -0.15) is 0 Å². The first-order chi connectivity index (χ1) is 60.2. The summed E-state index contributed by atoms with van der Waals surface area (Å²) >= 11 is 0. The Morgan fingerprint density at radius 3 is 0.488 bits per heavy atom. The van der Waals surface area contributed by atoms with E-state index in [9.17, 15) is 0 Å². The minimum Gasteiger partial charge on any atom is -0.310 e. The number of anilines is 9. The summed E-state index contributed by atoms with van der Waals surface area (Å²) in [6.07, 6.45) is 0. The van der Waals surface area contributed by atoms with Crippen LogP contribution >= 0.6 is 0 Å². The van der Waals surface area contributed by atoms with Crippen molar-refractivity contribution in [2.45, 2.75) is 131 Å². The van der Waals surface area contributed by atoms with E-state index in [2.05, 4.69) is 501 Å². The normalized spacial score (nSPS) is 12.6. The zero-order valence-corrected chi connectivity index (χ0v) is 74.3. The molecule has 0 saturated carbocycles. The largest absolute Gasteiger partial charge is 0.310 e. The fourth-order valence-electron chi connectivity index (χ4n) is 19.7. The Labute approximate surface area is 733 Å². The van der Waals surface area contributed by atoms with Gasteiger partial charge in [0.25, 0.3) is 0 Å². The Hall–Kier alpha value is -14.1. The van der Waals surface area contributed by atoms with Gasteiger partial charge in [0.15, 0.2) is 0 Å². The van der Waals surface area contributed by atoms with Crippen LogP contribution in [0.3, 0.4) is 0 Å². The smallest absolute Gasteiger partial charge is 0.0562 e. The monoisotopic (exact) mass is 1620 g/mol. The second-order valence-corrected chi connectivity index (χ2v) is 39.5. The molecular weight excluding hydrogens is 1520 g/mol. The second-order valence-electron chi connectivity index (χ2n) is 39.5. The van der Waals surface area contributed by atoms with Gasteiger partial charge in [-0.1, -0.05) is 286 Å². The van der Waals surface area contributed by atoms with Gasteiger partial charge < -0.3 is 33.0 Å². The second kappa shape index (κ2) is 29.3. The molecule has 0 aliphatic heterocycles. The van der Waals surface area contributed by atoms with Gasteiger partial charge in [0.05, 0.1) is 44.1 Å². The maximum atomic E-state index is 2.50. The first-order valence-electron chi connectivity index (χ1n) is 44.3. The molecule has 0 aliphatic carbocycles. The lowest BCUT2D eigenvalue weighted by atomic mass is 9.86. The van der Waals surface area contributed by atoms with Gasteiger partial charge in [0.1, 0.15) is 0 Å². The molecule has 0 atom stereocenters. The quantitative estimate of drug-likeness (QED) is 0.115. The molecule has 0 fully saturated rings. The third-order valence-electron chi connectivity index (χ3n) is 26.3. The molecule has 4 heterocycles. The Morgan fingerprint density at radius 2 is 0.312 bits per heavy atom. The van der Waals surface area contributed by atoms with Crippen LogP contribution in [-0.4, -0.2) is 18.3 Å². The molecule has 0 N–H and O–H groups in total. The van der Waals surface area contributed by atoms with Crippen LogP contribution in [0.25, 0.3) is 132 Å². The highest BCUT2D eigenvalue weighted by atomic mass is 15.2. The molecule has 17 aromatic carbocycles. The van der Waals surface area contributed by atoms with Crippen LogP contribution in [0.2, 0.25) is 0 Å².